The largest absolute Gasteiger partial charge is 0.573 e. The number of carbonyl (C=O) groups is 2. The molecule has 0 amide bonds. The zero-order chi connectivity index (χ0) is 25.2. The van der Waals surface area contributed by atoms with Crippen LogP contribution in [0.2, 0.25) is 0 Å². The smallest absolute Gasteiger partial charge is 0.504 e. The van der Waals surface area contributed by atoms with Crippen LogP contribution in [0.1, 0.15) is 36.0 Å². The van der Waals surface area contributed by atoms with Crippen LogP contribution in [0.5, 0.6) is 17.2 Å². The lowest BCUT2D eigenvalue weighted by Gasteiger charge is -2.60. The minimum absolute atomic E-state index is 0.187. The molecule has 2 bridgehead atoms. The van der Waals surface area contributed by atoms with Crippen LogP contribution in [0.4, 0.5) is 13.2 Å². The van der Waals surface area contributed by atoms with Gasteiger partial charge in [-0.3, -0.25) is 0 Å². The van der Waals surface area contributed by atoms with Gasteiger partial charge in [0.15, 0.2) is 17.7 Å². The molecule has 1 N–H and O–H groups in total. The van der Waals surface area contributed by atoms with E-state index in [0.29, 0.717) is 29.5 Å². The van der Waals surface area contributed by atoms with E-state index in [-0.39, 0.29) is 23.7 Å². The molecule has 11 heteroatoms. The predicted octanol–water partition coefficient (Wildman–Crippen LogP) is 3.49. The van der Waals surface area contributed by atoms with Gasteiger partial charge in [0.05, 0.1) is 12.5 Å². The average Bonchev–Trinajstić information content (AvgIpc) is 2.81. The second-order valence-corrected chi connectivity index (χ2v) is 8.90. The number of rotatable bonds is 4. The van der Waals surface area contributed by atoms with E-state index in [2.05, 4.69) is 4.74 Å². The third kappa shape index (κ3) is 3.40. The molecule has 2 atom stereocenters. The number of hydrogen-bond donors (Lipinski definition) is 1. The molecule has 2 heterocycles. The second-order valence-electron chi connectivity index (χ2n) is 8.90. The zero-order valence-electron chi connectivity index (χ0n) is 18.8. The molecular weight excluding hydrogens is 471 g/mol. The Morgan fingerprint density at radius 1 is 1.11 bits per heavy atom. The topological polar surface area (TPSA) is 94.5 Å². The zero-order valence-corrected chi connectivity index (χ0v) is 18.8. The fourth-order valence-corrected chi connectivity index (χ4v) is 5.59. The summed E-state index contributed by atoms with van der Waals surface area (Å²) in [7, 11) is 3.05. The molecule has 1 saturated heterocycles. The number of carbonyl (C=O) groups excluding carboxylic acids is 2. The van der Waals surface area contributed by atoms with E-state index < -0.39 is 35.7 Å². The Morgan fingerprint density at radius 2 is 1.80 bits per heavy atom. The molecule has 2 aromatic carbocycles. The number of hydrogen-bond acceptors (Lipinski definition) is 8. The molecule has 5 rings (SSSR count). The van der Waals surface area contributed by atoms with E-state index in [1.165, 1.54) is 37.4 Å². The molecule has 8 nitrogen and oxygen atoms in total. The number of likely N-dealkylation sites (N-methyl/N-ethyl adjacent to an activating group) is 1. The van der Waals surface area contributed by atoms with Crippen LogP contribution in [-0.2, 0) is 36.6 Å². The van der Waals surface area contributed by atoms with Crippen molar-refractivity contribution in [2.45, 2.75) is 49.4 Å². The van der Waals surface area contributed by atoms with E-state index in [4.69, 9.17) is 14.2 Å². The predicted molar refractivity (Wildman–Crippen MR) is 112 cm³/mol. The number of nitrogens with zero attached hydrogens (tertiary/aromatic N) is 1. The highest BCUT2D eigenvalue weighted by molar-refractivity contribution is 6.30. The van der Waals surface area contributed by atoms with Crippen molar-refractivity contribution in [2.75, 3.05) is 14.2 Å². The summed E-state index contributed by atoms with van der Waals surface area (Å²) in [6.45, 7) is 0. The minimum Gasteiger partial charge on any atom is -0.504 e. The number of fused-ring (bicyclic) bond motifs is 4. The molecule has 35 heavy (non-hydrogen) atoms. The third-order valence-corrected chi connectivity index (χ3v) is 7.24. The fourth-order valence-electron chi connectivity index (χ4n) is 5.59. The molecule has 186 valence electrons. The van der Waals surface area contributed by atoms with Crippen LogP contribution in [0.25, 0.3) is 0 Å². The van der Waals surface area contributed by atoms with E-state index in [9.17, 15) is 27.9 Å². The van der Waals surface area contributed by atoms with Gasteiger partial charge in [-0.25, -0.2) is 14.5 Å². The van der Waals surface area contributed by atoms with E-state index >= 15 is 0 Å². The molecule has 3 aliphatic rings. The van der Waals surface area contributed by atoms with Crippen LogP contribution in [0.3, 0.4) is 0 Å². The summed E-state index contributed by atoms with van der Waals surface area (Å²) in [5.41, 5.74) is -0.835. The average molecular weight is 493 g/mol. The molecule has 0 aromatic heterocycles. The molecule has 2 fully saturated rings. The van der Waals surface area contributed by atoms with Crippen LogP contribution < -0.4 is 9.47 Å². The monoisotopic (exact) mass is 493 g/mol. The Balaban J connectivity index is 1.72. The lowest BCUT2D eigenvalue weighted by Crippen LogP contribution is -2.67. The fraction of sp³-hybridized carbons (Fsp3) is 0.417. The highest BCUT2D eigenvalue weighted by Gasteiger charge is 2.67. The maximum atomic E-state index is 12.8. The van der Waals surface area contributed by atoms with Gasteiger partial charge in [-0.05, 0) is 55.3 Å². The standard InChI is InChI=1S/C24H22F3NO7/c1-28-19-11-13-10-18(32-2)17(29)12-16(13)23(28,35-21(31)20(30)33-19)22(8-3-9-22)14-4-6-15(7-5-14)34-24(25,26)27/h4-7,10,12,19,29H,3,8-9,11H2,1-2H3. The maximum absolute atomic E-state index is 12.8. The summed E-state index contributed by atoms with van der Waals surface area (Å²) in [5.74, 6) is -2.70. The first-order chi connectivity index (χ1) is 16.5. The van der Waals surface area contributed by atoms with Crippen LogP contribution in [0, 0.1) is 0 Å². The lowest BCUT2D eigenvalue weighted by atomic mass is 9.55. The van der Waals surface area contributed by atoms with Crippen LogP contribution in [-0.4, -0.2) is 48.7 Å². The van der Waals surface area contributed by atoms with Gasteiger partial charge in [0.25, 0.3) is 0 Å². The van der Waals surface area contributed by atoms with Gasteiger partial charge in [0.2, 0.25) is 5.72 Å². The van der Waals surface area contributed by atoms with E-state index in [1.807, 2.05) is 0 Å². The van der Waals surface area contributed by atoms with Crippen LogP contribution >= 0.6 is 0 Å². The van der Waals surface area contributed by atoms with Gasteiger partial charge in [-0.15, -0.1) is 13.2 Å². The molecule has 1 aliphatic carbocycles. The summed E-state index contributed by atoms with van der Waals surface area (Å²) in [5, 5.41) is 10.6. The first-order valence-electron chi connectivity index (χ1n) is 10.9. The Kier molecular flexibility index (Phi) is 5.17. The number of ether oxygens (including phenoxy) is 4. The Labute approximate surface area is 198 Å². The van der Waals surface area contributed by atoms with Gasteiger partial charge in [-0.2, -0.15) is 0 Å². The van der Waals surface area contributed by atoms with Gasteiger partial charge < -0.3 is 24.1 Å². The molecule has 2 aromatic rings. The van der Waals surface area contributed by atoms with Crippen molar-refractivity contribution in [1.29, 1.82) is 0 Å². The molecule has 1 saturated carbocycles. The molecule has 0 spiro atoms. The number of esters is 2. The van der Waals surface area contributed by atoms with Gasteiger partial charge >= 0.3 is 18.3 Å². The highest BCUT2D eigenvalue weighted by atomic mass is 19.4. The number of aromatic hydroxyl groups is 1. The number of methoxy groups -OCH3 is 1. The Hall–Kier alpha value is -3.47. The summed E-state index contributed by atoms with van der Waals surface area (Å²) >= 11 is 0. The second kappa shape index (κ2) is 7.77. The molecular formula is C24H22F3NO7. The summed E-state index contributed by atoms with van der Waals surface area (Å²) < 4.78 is 58.7. The lowest BCUT2D eigenvalue weighted by molar-refractivity contribution is -0.274. The van der Waals surface area contributed by atoms with Gasteiger partial charge in [0.1, 0.15) is 5.75 Å². The third-order valence-electron chi connectivity index (χ3n) is 7.24. The normalized spacial score (nSPS) is 25.5. The van der Waals surface area contributed by atoms with Crippen molar-refractivity contribution in [3.8, 4) is 17.2 Å². The minimum atomic E-state index is -4.84. The number of phenolic OH excluding ortho intramolecular Hbond substituents is 1. The molecule has 2 aliphatic heterocycles. The Bertz CT molecular complexity index is 1190. The highest BCUT2D eigenvalue weighted by Crippen LogP contribution is 2.62. The van der Waals surface area contributed by atoms with E-state index in [1.54, 1.807) is 18.0 Å². The number of benzene rings is 2. The summed E-state index contributed by atoms with van der Waals surface area (Å²) in [6.07, 6.45) is -3.75. The van der Waals surface area contributed by atoms with Gasteiger partial charge in [0, 0.05) is 12.0 Å². The summed E-state index contributed by atoms with van der Waals surface area (Å²) in [6, 6.07) is 8.46. The number of alkyl halides is 3. The quantitative estimate of drug-likeness (QED) is 0.511. The van der Waals surface area contributed by atoms with Crippen molar-refractivity contribution in [2.24, 2.45) is 0 Å². The van der Waals surface area contributed by atoms with Crippen molar-refractivity contribution in [3.05, 3.63) is 53.1 Å². The first-order valence-corrected chi connectivity index (χ1v) is 10.9. The van der Waals surface area contributed by atoms with E-state index in [0.717, 1.165) is 6.42 Å². The van der Waals surface area contributed by atoms with Crippen LogP contribution in [0.15, 0.2) is 36.4 Å². The van der Waals surface area contributed by atoms with Crippen molar-refractivity contribution >= 4 is 11.9 Å². The number of halogens is 3. The molecule has 0 radical (unpaired) electrons. The number of phenols is 1. The Morgan fingerprint density at radius 3 is 2.37 bits per heavy atom. The maximum Gasteiger partial charge on any atom is 0.573 e. The summed E-state index contributed by atoms with van der Waals surface area (Å²) in [4.78, 5) is 26.9. The van der Waals surface area contributed by atoms with Crippen molar-refractivity contribution in [3.63, 3.8) is 0 Å². The van der Waals surface area contributed by atoms with Crippen molar-refractivity contribution < 1.29 is 46.8 Å². The van der Waals surface area contributed by atoms with Crippen molar-refractivity contribution in [1.82, 2.24) is 4.90 Å². The molecule has 2 unspecified atom stereocenters. The SMILES string of the molecule is COc1cc2c(cc1O)C1(C3(c4ccc(OC(F)(F)F)cc4)CCC3)OC(=O)C(=O)OC(C2)N1C. The van der Waals surface area contributed by atoms with Gasteiger partial charge in [-0.1, -0.05) is 18.6 Å². The first kappa shape index (κ1) is 23.3.